The summed E-state index contributed by atoms with van der Waals surface area (Å²) in [5, 5.41) is 12.5. The number of aromatic nitrogens is 2. The number of hydrogen-bond donors (Lipinski definition) is 1. The molecule has 196 valence electrons. The van der Waals surface area contributed by atoms with Crippen molar-refractivity contribution in [2.24, 2.45) is 7.05 Å². The first-order valence-corrected chi connectivity index (χ1v) is 12.7. The Morgan fingerprint density at radius 2 is 1.97 bits per heavy atom. The molecule has 1 aliphatic heterocycles. The van der Waals surface area contributed by atoms with Gasteiger partial charge in [-0.05, 0) is 48.7 Å². The minimum atomic E-state index is -4.63. The third-order valence-electron chi connectivity index (χ3n) is 5.75. The van der Waals surface area contributed by atoms with Gasteiger partial charge in [0.1, 0.15) is 11.9 Å². The highest BCUT2D eigenvalue weighted by molar-refractivity contribution is 7.92. The lowest BCUT2D eigenvalue weighted by Gasteiger charge is -2.35. The molecule has 37 heavy (non-hydrogen) atoms. The molecule has 0 amide bonds. The molecule has 12 heteroatoms. The molecule has 0 aliphatic carbocycles. The molecule has 0 fully saturated rings. The highest BCUT2D eigenvalue weighted by Crippen LogP contribution is 2.39. The largest absolute Gasteiger partial charge is 0.486 e. The summed E-state index contributed by atoms with van der Waals surface area (Å²) >= 11 is 0. The summed E-state index contributed by atoms with van der Waals surface area (Å²) in [6, 6.07) is 11.0. The van der Waals surface area contributed by atoms with E-state index in [4.69, 9.17) is 9.84 Å². The van der Waals surface area contributed by atoms with Gasteiger partial charge in [0.15, 0.2) is 5.69 Å². The topological polar surface area (TPSA) is 102 Å². The highest BCUT2D eigenvalue weighted by atomic mass is 32.2. The van der Waals surface area contributed by atoms with Crippen LogP contribution in [-0.2, 0) is 28.0 Å². The second kappa shape index (κ2) is 9.92. The van der Waals surface area contributed by atoms with Gasteiger partial charge in [0.2, 0.25) is 0 Å². The third-order valence-corrected chi connectivity index (χ3v) is 7.53. The Hall–Kier alpha value is -3.80. The SMILES string of the molecule is Cc1cccc(S(=O)(=O)N2C[C@H](CCC(=O)O)Oc3ccc(/C=C/c4cn(C)nc4C(F)(F)F)cc32)c1. The summed E-state index contributed by atoms with van der Waals surface area (Å²) < 4.78 is 75.3. The zero-order valence-corrected chi connectivity index (χ0v) is 20.8. The second-order valence-corrected chi connectivity index (χ2v) is 10.6. The quantitative estimate of drug-likeness (QED) is 0.469. The molecule has 3 aromatic rings. The van der Waals surface area contributed by atoms with Crippen LogP contribution in [0.15, 0.2) is 53.6 Å². The normalized spacial score (nSPS) is 16.0. The van der Waals surface area contributed by atoms with E-state index in [9.17, 15) is 26.4 Å². The maximum atomic E-state index is 13.6. The van der Waals surface area contributed by atoms with Crippen LogP contribution in [0.5, 0.6) is 5.75 Å². The molecule has 0 saturated heterocycles. The Morgan fingerprint density at radius 3 is 2.65 bits per heavy atom. The van der Waals surface area contributed by atoms with Crippen LogP contribution in [0.1, 0.15) is 35.2 Å². The summed E-state index contributed by atoms with van der Waals surface area (Å²) in [5.74, 6) is -0.802. The van der Waals surface area contributed by atoms with Crippen molar-refractivity contribution in [1.29, 1.82) is 0 Å². The summed E-state index contributed by atoms with van der Waals surface area (Å²) in [6.45, 7) is 1.64. The van der Waals surface area contributed by atoms with Crippen molar-refractivity contribution in [3.05, 3.63) is 71.0 Å². The van der Waals surface area contributed by atoms with Gasteiger partial charge in [-0.15, -0.1) is 0 Å². The summed E-state index contributed by atoms with van der Waals surface area (Å²) in [6.07, 6.45) is -1.51. The lowest BCUT2D eigenvalue weighted by Crippen LogP contribution is -2.43. The first-order valence-electron chi connectivity index (χ1n) is 11.3. The van der Waals surface area contributed by atoms with Crippen LogP contribution in [0.2, 0.25) is 0 Å². The van der Waals surface area contributed by atoms with Gasteiger partial charge >= 0.3 is 12.1 Å². The number of carboxylic acids is 1. The van der Waals surface area contributed by atoms with Crippen LogP contribution >= 0.6 is 0 Å². The summed E-state index contributed by atoms with van der Waals surface area (Å²) in [7, 11) is -2.67. The van der Waals surface area contributed by atoms with E-state index in [1.165, 1.54) is 49.7 Å². The molecule has 1 aromatic heterocycles. The maximum Gasteiger partial charge on any atom is 0.435 e. The van der Waals surface area contributed by atoms with Crippen LogP contribution in [0, 0.1) is 6.92 Å². The van der Waals surface area contributed by atoms with Gasteiger partial charge in [-0.25, -0.2) is 8.42 Å². The number of fused-ring (bicyclic) bond motifs is 1. The fourth-order valence-corrected chi connectivity index (χ4v) is 5.64. The zero-order valence-electron chi connectivity index (χ0n) is 19.9. The van der Waals surface area contributed by atoms with E-state index >= 15 is 0 Å². The van der Waals surface area contributed by atoms with Crippen molar-refractivity contribution in [2.75, 3.05) is 10.8 Å². The lowest BCUT2D eigenvalue weighted by atomic mass is 10.1. The van der Waals surface area contributed by atoms with E-state index in [-0.39, 0.29) is 41.3 Å². The molecule has 2 aromatic carbocycles. The van der Waals surface area contributed by atoms with E-state index in [2.05, 4.69) is 5.10 Å². The molecule has 1 aliphatic rings. The third kappa shape index (κ3) is 5.79. The number of aliphatic carboxylic acids is 1. The number of rotatable bonds is 7. The number of alkyl halides is 3. The Kier molecular flexibility index (Phi) is 7.05. The van der Waals surface area contributed by atoms with Crippen LogP contribution in [0.4, 0.5) is 18.9 Å². The number of sulfonamides is 1. The Morgan fingerprint density at radius 1 is 1.22 bits per heavy atom. The number of benzene rings is 2. The molecular weight excluding hydrogens is 511 g/mol. The molecule has 1 N–H and O–H groups in total. The summed E-state index contributed by atoms with van der Waals surface area (Å²) in [4.78, 5) is 11.1. The number of carbonyl (C=O) groups is 1. The van der Waals surface area contributed by atoms with Crippen molar-refractivity contribution in [1.82, 2.24) is 9.78 Å². The highest BCUT2D eigenvalue weighted by Gasteiger charge is 2.37. The number of hydrogen-bond acceptors (Lipinski definition) is 5. The monoisotopic (exact) mass is 535 g/mol. The zero-order chi connectivity index (χ0) is 27.0. The average Bonchev–Trinajstić information content (AvgIpc) is 3.22. The van der Waals surface area contributed by atoms with Crippen LogP contribution in [0.3, 0.4) is 0 Å². The number of aryl methyl sites for hydroxylation is 2. The number of ether oxygens (including phenoxy) is 1. The molecule has 0 unspecified atom stereocenters. The fraction of sp³-hybridized carbons (Fsp3) is 0.280. The number of nitrogens with zero attached hydrogens (tertiary/aromatic N) is 3. The Labute approximate surface area is 211 Å². The van der Waals surface area contributed by atoms with Gasteiger partial charge in [-0.1, -0.05) is 30.4 Å². The van der Waals surface area contributed by atoms with Gasteiger partial charge in [0, 0.05) is 25.2 Å². The molecule has 0 spiro atoms. The first-order chi connectivity index (χ1) is 17.3. The minimum absolute atomic E-state index is 0.0588. The number of anilines is 1. The van der Waals surface area contributed by atoms with Crippen LogP contribution in [-0.4, -0.2) is 41.9 Å². The van der Waals surface area contributed by atoms with E-state index in [0.717, 1.165) is 14.6 Å². The molecule has 0 saturated carbocycles. The van der Waals surface area contributed by atoms with Gasteiger partial charge < -0.3 is 9.84 Å². The van der Waals surface area contributed by atoms with E-state index in [1.807, 2.05) is 0 Å². The van der Waals surface area contributed by atoms with E-state index in [0.29, 0.717) is 5.56 Å². The second-order valence-electron chi connectivity index (χ2n) is 8.69. The lowest BCUT2D eigenvalue weighted by molar-refractivity contribution is -0.141. The number of carboxylic acid groups (broad SMARTS) is 1. The van der Waals surface area contributed by atoms with Crippen molar-refractivity contribution in [2.45, 2.75) is 36.9 Å². The Balaban J connectivity index is 1.74. The fourth-order valence-electron chi connectivity index (χ4n) is 4.03. The molecule has 0 radical (unpaired) electrons. The maximum absolute atomic E-state index is 13.6. The van der Waals surface area contributed by atoms with Crippen molar-refractivity contribution >= 4 is 33.8 Å². The van der Waals surface area contributed by atoms with Gasteiger partial charge in [0.25, 0.3) is 10.0 Å². The molecule has 2 heterocycles. The van der Waals surface area contributed by atoms with E-state index in [1.54, 1.807) is 25.1 Å². The molecule has 4 rings (SSSR count). The average molecular weight is 536 g/mol. The smallest absolute Gasteiger partial charge is 0.435 e. The minimum Gasteiger partial charge on any atom is -0.486 e. The van der Waals surface area contributed by atoms with Crippen LogP contribution < -0.4 is 9.04 Å². The number of halogens is 3. The van der Waals surface area contributed by atoms with Gasteiger partial charge in [-0.2, -0.15) is 18.3 Å². The first kappa shape index (κ1) is 26.3. The Bertz CT molecular complexity index is 1460. The predicted octanol–water partition coefficient (Wildman–Crippen LogP) is 4.74. The van der Waals surface area contributed by atoms with E-state index < -0.39 is 34.0 Å². The van der Waals surface area contributed by atoms with Crippen molar-refractivity contribution < 1.29 is 36.2 Å². The summed E-state index contributed by atoms with van der Waals surface area (Å²) in [5.41, 5.74) is 0.218. The van der Waals surface area contributed by atoms with Crippen molar-refractivity contribution in [3.63, 3.8) is 0 Å². The predicted molar refractivity (Wildman–Crippen MR) is 131 cm³/mol. The molecule has 1 atom stereocenters. The standard InChI is InChI=1S/C25H24F3N3O5S/c1-16-4-3-5-20(12-16)37(34,35)31-15-19(9-11-23(32)33)36-22-10-7-17(13-21(22)31)6-8-18-14-30(2)29-24(18)25(26,27)28/h3-8,10,12-14,19H,9,11,15H2,1-2H3,(H,32,33)/b8-6+/t19-/m0/s1. The molecular formula is C25H24F3N3O5S. The van der Waals surface area contributed by atoms with Crippen molar-refractivity contribution in [3.8, 4) is 5.75 Å². The van der Waals surface area contributed by atoms with Crippen LogP contribution in [0.25, 0.3) is 12.2 Å². The molecule has 0 bridgehead atoms. The molecule has 8 nitrogen and oxygen atoms in total. The van der Waals surface area contributed by atoms with Gasteiger partial charge in [-0.3, -0.25) is 13.8 Å². The van der Waals surface area contributed by atoms with Gasteiger partial charge in [0.05, 0.1) is 17.1 Å².